The number of carboxylic acids is 1. The highest BCUT2D eigenvalue weighted by Crippen LogP contribution is 2.41. The van der Waals surface area contributed by atoms with Gasteiger partial charge in [0.05, 0.1) is 17.4 Å². The predicted octanol–water partition coefficient (Wildman–Crippen LogP) is 3.47. The van der Waals surface area contributed by atoms with Crippen LogP contribution in [0.5, 0.6) is 0 Å². The Bertz CT molecular complexity index is 1300. The van der Waals surface area contributed by atoms with Crippen LogP contribution in [-0.4, -0.2) is 10.5 Å². The predicted molar refractivity (Wildman–Crippen MR) is 118 cm³/mol. The number of pyridine rings is 1. The SMILES string of the molecule is Cc1ccccc1-c1c(C(=O)[O-])c2c(n1C)-c1cc[n+](Cc3ccccc3)cc1CC2. The van der Waals surface area contributed by atoms with E-state index in [1.807, 2.05) is 48.9 Å². The molecule has 0 spiro atoms. The molecule has 5 rings (SSSR count). The van der Waals surface area contributed by atoms with Crippen molar-refractivity contribution >= 4 is 5.97 Å². The van der Waals surface area contributed by atoms with E-state index >= 15 is 0 Å². The molecule has 2 aromatic carbocycles. The average molecular weight is 409 g/mol. The van der Waals surface area contributed by atoms with E-state index in [9.17, 15) is 9.90 Å². The molecule has 4 heteroatoms. The summed E-state index contributed by atoms with van der Waals surface area (Å²) in [5.41, 5.74) is 8.54. The second kappa shape index (κ2) is 7.55. The minimum absolute atomic E-state index is 0.332. The maximum Gasteiger partial charge on any atom is 0.173 e. The number of carbonyl (C=O) groups is 1. The zero-order valence-corrected chi connectivity index (χ0v) is 17.8. The van der Waals surface area contributed by atoms with Crippen molar-refractivity contribution in [1.82, 2.24) is 4.57 Å². The summed E-state index contributed by atoms with van der Waals surface area (Å²) in [6.45, 7) is 2.83. The molecule has 1 aliphatic rings. The van der Waals surface area contributed by atoms with E-state index in [0.29, 0.717) is 12.0 Å². The van der Waals surface area contributed by atoms with Crippen molar-refractivity contribution in [3.05, 3.63) is 101 Å². The first kappa shape index (κ1) is 19.3. The summed E-state index contributed by atoms with van der Waals surface area (Å²) in [6, 6.07) is 20.4. The molecule has 0 bridgehead atoms. The van der Waals surface area contributed by atoms with Crippen molar-refractivity contribution in [3.8, 4) is 22.5 Å². The van der Waals surface area contributed by atoms with Crippen LogP contribution in [0.2, 0.25) is 0 Å². The van der Waals surface area contributed by atoms with Gasteiger partial charge in [-0.25, -0.2) is 4.57 Å². The van der Waals surface area contributed by atoms with Gasteiger partial charge in [-0.05, 0) is 30.9 Å². The van der Waals surface area contributed by atoms with Crippen molar-refractivity contribution in [2.24, 2.45) is 7.05 Å². The molecular weight excluding hydrogens is 384 g/mol. The molecule has 0 fully saturated rings. The van der Waals surface area contributed by atoms with Crippen molar-refractivity contribution in [1.29, 1.82) is 0 Å². The van der Waals surface area contributed by atoms with E-state index in [-0.39, 0.29) is 0 Å². The van der Waals surface area contributed by atoms with Crippen molar-refractivity contribution in [2.45, 2.75) is 26.3 Å². The summed E-state index contributed by atoms with van der Waals surface area (Å²) in [4.78, 5) is 12.2. The van der Waals surface area contributed by atoms with Gasteiger partial charge in [0.25, 0.3) is 0 Å². The van der Waals surface area contributed by atoms with Crippen LogP contribution in [0.15, 0.2) is 73.1 Å². The van der Waals surface area contributed by atoms with Crippen LogP contribution >= 0.6 is 0 Å². The molecule has 2 aromatic heterocycles. The zero-order valence-electron chi connectivity index (χ0n) is 17.8. The number of benzene rings is 2. The lowest BCUT2D eigenvalue weighted by Crippen LogP contribution is -2.34. The number of aromatic carboxylic acids is 1. The lowest BCUT2D eigenvalue weighted by molar-refractivity contribution is -0.688. The maximum absolute atomic E-state index is 12.2. The summed E-state index contributed by atoms with van der Waals surface area (Å²) in [7, 11) is 1.97. The highest BCUT2D eigenvalue weighted by Gasteiger charge is 2.29. The van der Waals surface area contributed by atoms with Gasteiger partial charge in [-0.15, -0.1) is 0 Å². The number of fused-ring (bicyclic) bond motifs is 3. The lowest BCUT2D eigenvalue weighted by atomic mass is 9.89. The van der Waals surface area contributed by atoms with E-state index in [0.717, 1.165) is 46.6 Å². The first-order chi connectivity index (χ1) is 15.0. The molecule has 154 valence electrons. The Labute approximate surface area is 182 Å². The quantitative estimate of drug-likeness (QED) is 0.486. The monoisotopic (exact) mass is 408 g/mol. The molecule has 4 aromatic rings. The second-order valence-electron chi connectivity index (χ2n) is 8.25. The summed E-state index contributed by atoms with van der Waals surface area (Å²) in [5.74, 6) is -1.10. The maximum atomic E-state index is 12.2. The molecule has 4 nitrogen and oxygen atoms in total. The van der Waals surface area contributed by atoms with E-state index < -0.39 is 5.97 Å². The first-order valence-corrected chi connectivity index (χ1v) is 10.6. The van der Waals surface area contributed by atoms with E-state index in [2.05, 4.69) is 47.3 Å². The Hall–Kier alpha value is -3.66. The molecule has 0 atom stereocenters. The van der Waals surface area contributed by atoms with E-state index in [1.165, 1.54) is 11.1 Å². The van der Waals surface area contributed by atoms with Crippen LogP contribution in [0.3, 0.4) is 0 Å². The topological polar surface area (TPSA) is 48.9 Å². The Morgan fingerprint density at radius 1 is 0.968 bits per heavy atom. The number of rotatable bonds is 4. The molecule has 0 saturated heterocycles. The highest BCUT2D eigenvalue weighted by atomic mass is 16.4. The van der Waals surface area contributed by atoms with E-state index in [1.54, 1.807) is 0 Å². The molecule has 0 N–H and O–H groups in total. The minimum atomic E-state index is -1.10. The van der Waals surface area contributed by atoms with Gasteiger partial charge in [-0.3, -0.25) is 0 Å². The Balaban J connectivity index is 1.65. The summed E-state index contributed by atoms with van der Waals surface area (Å²) >= 11 is 0. The van der Waals surface area contributed by atoms with Gasteiger partial charge >= 0.3 is 0 Å². The number of aryl methyl sites for hydroxylation is 2. The number of carboxylic acid groups (broad SMARTS) is 1. The Morgan fingerprint density at radius 3 is 2.45 bits per heavy atom. The second-order valence-corrected chi connectivity index (χ2v) is 8.25. The first-order valence-electron chi connectivity index (χ1n) is 10.6. The highest BCUT2D eigenvalue weighted by molar-refractivity contribution is 6.00. The fourth-order valence-corrected chi connectivity index (χ4v) is 4.88. The molecule has 0 radical (unpaired) electrons. The summed E-state index contributed by atoms with van der Waals surface area (Å²) in [5, 5.41) is 12.2. The van der Waals surface area contributed by atoms with Gasteiger partial charge in [0, 0.05) is 40.9 Å². The molecule has 31 heavy (non-hydrogen) atoms. The van der Waals surface area contributed by atoms with Crippen molar-refractivity contribution in [2.75, 3.05) is 0 Å². The normalized spacial score (nSPS) is 12.3. The largest absolute Gasteiger partial charge is 0.545 e. The van der Waals surface area contributed by atoms with Gasteiger partial charge in [-0.2, -0.15) is 0 Å². The number of nitrogens with zero attached hydrogens (tertiary/aromatic N) is 2. The zero-order chi connectivity index (χ0) is 21.5. The number of carbonyl (C=O) groups excluding carboxylic acids is 1. The van der Waals surface area contributed by atoms with Crippen LogP contribution < -0.4 is 9.67 Å². The molecule has 2 heterocycles. The van der Waals surface area contributed by atoms with Crippen molar-refractivity contribution in [3.63, 3.8) is 0 Å². The number of aromatic nitrogens is 2. The van der Waals surface area contributed by atoms with Crippen LogP contribution in [0, 0.1) is 6.92 Å². The lowest BCUT2D eigenvalue weighted by Gasteiger charge is -2.18. The molecule has 0 amide bonds. The standard InChI is InChI=1S/C27H24N2O2/c1-18-8-6-7-11-21(18)26-24(27(30)31)23-13-12-20-17-29(16-19-9-4-3-5-10-19)15-14-22(20)25(23)28(26)2/h3-11,14-15,17H,12-13,16H2,1-2H3. The molecular formula is C27H24N2O2. The molecule has 0 aliphatic heterocycles. The van der Waals surface area contributed by atoms with Gasteiger partial charge in [-0.1, -0.05) is 54.6 Å². The average Bonchev–Trinajstić information content (AvgIpc) is 3.07. The van der Waals surface area contributed by atoms with Crippen LogP contribution in [0.4, 0.5) is 0 Å². The van der Waals surface area contributed by atoms with Gasteiger partial charge in [0.1, 0.15) is 0 Å². The summed E-state index contributed by atoms with van der Waals surface area (Å²) in [6.07, 6.45) is 5.79. The molecule has 0 saturated carbocycles. The number of hydrogen-bond acceptors (Lipinski definition) is 2. The summed E-state index contributed by atoms with van der Waals surface area (Å²) < 4.78 is 4.24. The third-order valence-electron chi connectivity index (χ3n) is 6.31. The van der Waals surface area contributed by atoms with Gasteiger partial charge in [0.2, 0.25) is 0 Å². The smallest absolute Gasteiger partial charge is 0.173 e. The number of hydrogen-bond donors (Lipinski definition) is 0. The van der Waals surface area contributed by atoms with E-state index in [4.69, 9.17) is 0 Å². The van der Waals surface area contributed by atoms with Gasteiger partial charge < -0.3 is 14.5 Å². The fraction of sp³-hybridized carbons (Fsp3) is 0.185. The van der Waals surface area contributed by atoms with Crippen LogP contribution in [0.25, 0.3) is 22.5 Å². The third-order valence-corrected chi connectivity index (χ3v) is 6.31. The van der Waals surface area contributed by atoms with Crippen LogP contribution in [-0.2, 0) is 26.4 Å². The Kier molecular flexibility index (Phi) is 4.70. The Morgan fingerprint density at radius 2 is 1.71 bits per heavy atom. The third kappa shape index (κ3) is 3.25. The molecule has 0 unspecified atom stereocenters. The van der Waals surface area contributed by atoms with Crippen LogP contribution in [0.1, 0.15) is 32.6 Å². The van der Waals surface area contributed by atoms with Crippen molar-refractivity contribution < 1.29 is 14.5 Å². The minimum Gasteiger partial charge on any atom is -0.545 e. The van der Waals surface area contributed by atoms with Gasteiger partial charge in [0.15, 0.2) is 18.9 Å². The fourth-order valence-electron chi connectivity index (χ4n) is 4.88. The molecule has 1 aliphatic carbocycles.